The number of hydrogen-bond donors (Lipinski definition) is 0. The Morgan fingerprint density at radius 3 is 2.24 bits per heavy atom. The fraction of sp³-hybridized carbons (Fsp3) is 0.438. The average Bonchev–Trinajstić information content (AvgIpc) is 3.24. The molecule has 5 nitrogen and oxygen atoms in total. The van der Waals surface area contributed by atoms with E-state index in [9.17, 15) is 31.2 Å². The highest BCUT2D eigenvalue weighted by molar-refractivity contribution is 7.90. The molecule has 134 valence electrons. The second-order valence-corrected chi connectivity index (χ2v) is 8.34. The number of alkyl halides is 3. The molecule has 0 saturated heterocycles. The Morgan fingerprint density at radius 2 is 1.84 bits per heavy atom. The number of carbonyl (C=O) groups is 2. The van der Waals surface area contributed by atoms with Crippen molar-refractivity contribution in [3.8, 4) is 6.07 Å². The van der Waals surface area contributed by atoms with Crippen molar-refractivity contribution in [2.75, 3.05) is 6.26 Å². The predicted octanol–water partition coefficient (Wildman–Crippen LogP) is 2.80. The van der Waals surface area contributed by atoms with E-state index >= 15 is 0 Å². The number of sulfone groups is 1. The number of rotatable bonds is 5. The van der Waals surface area contributed by atoms with Crippen LogP contribution in [0.3, 0.4) is 0 Å². The molecule has 9 heteroatoms. The van der Waals surface area contributed by atoms with Crippen LogP contribution in [0, 0.1) is 22.7 Å². The molecule has 0 N–H and O–H groups in total. The molecule has 1 fully saturated rings. The predicted molar refractivity (Wildman–Crippen MR) is 80.3 cm³/mol. The highest BCUT2D eigenvalue weighted by Gasteiger charge is 2.50. The van der Waals surface area contributed by atoms with Crippen molar-refractivity contribution in [2.24, 2.45) is 11.3 Å². The van der Waals surface area contributed by atoms with Crippen molar-refractivity contribution in [1.29, 1.82) is 5.26 Å². The summed E-state index contributed by atoms with van der Waals surface area (Å²) in [6.07, 6.45) is -3.34. The maximum atomic E-state index is 13.3. The molecule has 1 aliphatic carbocycles. The molecule has 0 bridgehead atoms. The molecule has 0 spiro atoms. The molecule has 2 rings (SSSR count). The summed E-state index contributed by atoms with van der Waals surface area (Å²) in [5.74, 6) is -3.83. The molecule has 0 radical (unpaired) electrons. The van der Waals surface area contributed by atoms with Gasteiger partial charge in [-0.05, 0) is 31.0 Å². The van der Waals surface area contributed by atoms with Crippen LogP contribution in [0.4, 0.5) is 13.2 Å². The zero-order chi connectivity index (χ0) is 19.2. The molecule has 1 aromatic carbocycles. The smallest absolute Gasteiger partial charge is 0.297 e. The van der Waals surface area contributed by atoms with Crippen LogP contribution in [0.1, 0.15) is 35.7 Å². The van der Waals surface area contributed by atoms with Crippen molar-refractivity contribution < 1.29 is 31.2 Å². The third-order valence-corrected chi connectivity index (χ3v) is 5.35. The molecule has 0 aromatic heterocycles. The summed E-state index contributed by atoms with van der Waals surface area (Å²) >= 11 is 0. The summed E-state index contributed by atoms with van der Waals surface area (Å²) in [5.41, 5.74) is -3.22. The lowest BCUT2D eigenvalue weighted by Gasteiger charge is -2.16. The van der Waals surface area contributed by atoms with Crippen molar-refractivity contribution in [1.82, 2.24) is 0 Å². The molecule has 1 saturated carbocycles. The molecular weight excluding hydrogens is 359 g/mol. The van der Waals surface area contributed by atoms with E-state index in [-0.39, 0.29) is 0 Å². The SMILES string of the molecule is CC1(C(=O)C(C#N)C(=O)c2ccc(S(C)(=O)=O)cc2C(F)(F)F)CC1. The number of ketones is 2. The summed E-state index contributed by atoms with van der Waals surface area (Å²) in [4.78, 5) is 24.1. The quantitative estimate of drug-likeness (QED) is 0.585. The third-order valence-electron chi connectivity index (χ3n) is 4.24. The molecule has 1 atom stereocenters. The van der Waals surface area contributed by atoms with Crippen LogP contribution in [0.2, 0.25) is 0 Å². The second-order valence-electron chi connectivity index (χ2n) is 6.33. The first kappa shape index (κ1) is 19.1. The van der Waals surface area contributed by atoms with E-state index in [4.69, 9.17) is 5.26 Å². The summed E-state index contributed by atoms with van der Waals surface area (Å²) in [5, 5.41) is 9.13. The van der Waals surface area contributed by atoms with Gasteiger partial charge in [-0.2, -0.15) is 18.4 Å². The normalized spacial score (nSPS) is 17.4. The fourth-order valence-corrected chi connectivity index (χ4v) is 3.02. The van der Waals surface area contributed by atoms with Gasteiger partial charge >= 0.3 is 6.18 Å². The van der Waals surface area contributed by atoms with E-state index in [0.717, 1.165) is 12.3 Å². The lowest BCUT2D eigenvalue weighted by atomic mass is 9.85. The maximum absolute atomic E-state index is 13.3. The molecule has 25 heavy (non-hydrogen) atoms. The van der Waals surface area contributed by atoms with E-state index < -0.39 is 54.9 Å². The van der Waals surface area contributed by atoms with Crippen LogP contribution < -0.4 is 0 Å². The van der Waals surface area contributed by atoms with Crippen molar-refractivity contribution >= 4 is 21.4 Å². The van der Waals surface area contributed by atoms with Gasteiger partial charge in [-0.3, -0.25) is 9.59 Å². The first-order valence-corrected chi connectivity index (χ1v) is 9.10. The number of benzene rings is 1. The van der Waals surface area contributed by atoms with E-state index in [0.29, 0.717) is 25.0 Å². The van der Waals surface area contributed by atoms with E-state index in [2.05, 4.69) is 0 Å². The third kappa shape index (κ3) is 3.74. The Labute approximate surface area is 142 Å². The minimum absolute atomic E-state index is 0.348. The average molecular weight is 373 g/mol. The standard InChI is InChI=1S/C16H14F3NO4S/c1-15(5-6-15)14(22)11(8-20)13(21)10-4-3-9(25(2,23)24)7-12(10)16(17,18)19/h3-4,7,11H,5-6H2,1-2H3. The number of halogens is 3. The van der Waals surface area contributed by atoms with Gasteiger partial charge in [0.05, 0.1) is 16.5 Å². The number of hydrogen-bond acceptors (Lipinski definition) is 5. The van der Waals surface area contributed by atoms with Crippen molar-refractivity contribution in [2.45, 2.75) is 30.8 Å². The number of carbonyl (C=O) groups excluding carboxylic acids is 2. The van der Waals surface area contributed by atoms with E-state index in [1.54, 1.807) is 6.92 Å². The molecule has 1 aliphatic rings. The Morgan fingerprint density at radius 1 is 1.28 bits per heavy atom. The van der Waals surface area contributed by atoms with Crippen LogP contribution in [0.25, 0.3) is 0 Å². The molecule has 0 heterocycles. The number of Topliss-reactive ketones (excluding diaryl/α,β-unsaturated/α-hetero) is 2. The molecule has 0 aliphatic heterocycles. The van der Waals surface area contributed by atoms with Crippen LogP contribution in [-0.2, 0) is 20.8 Å². The minimum Gasteiger partial charge on any atom is -0.297 e. The summed E-state index contributed by atoms with van der Waals surface area (Å²) in [7, 11) is -3.93. The molecule has 1 unspecified atom stereocenters. The van der Waals surface area contributed by atoms with Crippen LogP contribution in [-0.4, -0.2) is 26.2 Å². The summed E-state index contributed by atoms with van der Waals surface area (Å²) < 4.78 is 62.8. The van der Waals surface area contributed by atoms with Crippen LogP contribution in [0.15, 0.2) is 23.1 Å². The number of nitrogens with zero attached hydrogens (tertiary/aromatic N) is 1. The highest BCUT2D eigenvalue weighted by Crippen LogP contribution is 2.48. The van der Waals surface area contributed by atoms with Gasteiger partial charge in [-0.15, -0.1) is 0 Å². The van der Waals surface area contributed by atoms with Crippen LogP contribution in [0.5, 0.6) is 0 Å². The first-order valence-electron chi connectivity index (χ1n) is 7.21. The summed E-state index contributed by atoms with van der Waals surface area (Å²) in [6, 6.07) is 3.39. The molecular formula is C16H14F3NO4S. The lowest BCUT2D eigenvalue weighted by molar-refractivity contribution is -0.138. The van der Waals surface area contributed by atoms with Gasteiger partial charge in [0, 0.05) is 17.2 Å². The van der Waals surface area contributed by atoms with Gasteiger partial charge in [0.1, 0.15) is 0 Å². The minimum atomic E-state index is -5.02. The number of nitriles is 1. The van der Waals surface area contributed by atoms with E-state index in [1.165, 1.54) is 6.07 Å². The van der Waals surface area contributed by atoms with Crippen molar-refractivity contribution in [3.63, 3.8) is 0 Å². The Kier molecular flexibility index (Phi) is 4.55. The second kappa shape index (κ2) is 5.95. The Hall–Kier alpha value is -2.21. The lowest BCUT2D eigenvalue weighted by Crippen LogP contribution is -2.30. The zero-order valence-electron chi connectivity index (χ0n) is 13.3. The topological polar surface area (TPSA) is 92.1 Å². The Balaban J connectivity index is 2.56. The highest BCUT2D eigenvalue weighted by atomic mass is 32.2. The van der Waals surface area contributed by atoms with E-state index in [1.807, 2.05) is 0 Å². The largest absolute Gasteiger partial charge is 0.417 e. The van der Waals surface area contributed by atoms with Gasteiger partial charge < -0.3 is 0 Å². The monoisotopic (exact) mass is 373 g/mol. The fourth-order valence-electron chi connectivity index (χ4n) is 2.38. The van der Waals surface area contributed by atoms with Crippen molar-refractivity contribution in [3.05, 3.63) is 29.3 Å². The van der Waals surface area contributed by atoms with Gasteiger partial charge in [-0.1, -0.05) is 6.92 Å². The molecule has 1 aromatic rings. The first-order chi connectivity index (χ1) is 11.3. The maximum Gasteiger partial charge on any atom is 0.417 e. The van der Waals surface area contributed by atoms with Gasteiger partial charge in [0.2, 0.25) is 0 Å². The van der Waals surface area contributed by atoms with Crippen LogP contribution >= 0.6 is 0 Å². The van der Waals surface area contributed by atoms with Gasteiger partial charge in [0.15, 0.2) is 27.3 Å². The Bertz CT molecular complexity index is 893. The molecule has 0 amide bonds. The van der Waals surface area contributed by atoms with Gasteiger partial charge in [0.25, 0.3) is 0 Å². The van der Waals surface area contributed by atoms with Gasteiger partial charge in [-0.25, -0.2) is 8.42 Å². The summed E-state index contributed by atoms with van der Waals surface area (Å²) in [6.45, 7) is 1.55. The zero-order valence-corrected chi connectivity index (χ0v) is 14.2.